The molecule has 3 aliphatic heterocycles. The fourth-order valence-electron chi connectivity index (χ4n) is 5.20. The zero-order valence-electron chi connectivity index (χ0n) is 18.8. The molecule has 2 bridgehead atoms. The Balaban J connectivity index is 1.40. The van der Waals surface area contributed by atoms with Crippen LogP contribution in [0.25, 0.3) is 0 Å². The van der Waals surface area contributed by atoms with E-state index in [2.05, 4.69) is 25.1 Å². The highest BCUT2D eigenvalue weighted by Gasteiger charge is 2.38. The van der Waals surface area contributed by atoms with Crippen molar-refractivity contribution < 1.29 is 18.0 Å². The number of nitrogens with zero attached hydrogens (tertiary/aromatic N) is 6. The molecule has 182 valence electrons. The maximum Gasteiger partial charge on any atom is 0.401 e. The van der Waals surface area contributed by atoms with Crippen LogP contribution < -0.4 is 20.0 Å². The van der Waals surface area contributed by atoms with Gasteiger partial charge in [0.05, 0.1) is 24.0 Å². The van der Waals surface area contributed by atoms with Crippen molar-refractivity contribution in [2.45, 2.75) is 31.5 Å². The van der Waals surface area contributed by atoms with E-state index in [0.29, 0.717) is 38.4 Å². The molecule has 1 N–H and O–H groups in total. The number of halogens is 3. The highest BCUT2D eigenvalue weighted by atomic mass is 19.4. The molecule has 34 heavy (non-hydrogen) atoms. The number of fused-ring (bicyclic) bond motifs is 4. The van der Waals surface area contributed by atoms with Gasteiger partial charge in [0.15, 0.2) is 0 Å². The lowest BCUT2D eigenvalue weighted by atomic mass is 9.97. The number of alkyl halides is 3. The summed E-state index contributed by atoms with van der Waals surface area (Å²) in [7, 11) is 0. The molecular formula is C23H28F3N7O. The fraction of sp³-hybridized carbons (Fsp3) is 0.522. The third kappa shape index (κ3) is 4.89. The number of carbonyl (C=O) groups excluding carboxylic acids is 1. The quantitative estimate of drug-likeness (QED) is 0.732. The predicted molar refractivity (Wildman–Crippen MR) is 125 cm³/mol. The van der Waals surface area contributed by atoms with Crippen molar-refractivity contribution in [3.8, 4) is 0 Å². The number of hydrogen-bond acceptors (Lipinski definition) is 6. The number of aromatic nitrogens is 2. The summed E-state index contributed by atoms with van der Waals surface area (Å²) < 4.78 is 38.6. The van der Waals surface area contributed by atoms with Gasteiger partial charge in [-0.05, 0) is 43.5 Å². The Hall–Kier alpha value is -3.08. The van der Waals surface area contributed by atoms with Gasteiger partial charge >= 0.3 is 12.2 Å². The lowest BCUT2D eigenvalue weighted by molar-refractivity contribution is -0.145. The molecule has 0 aliphatic carbocycles. The SMILES string of the molecule is O=C(Nc1ccncn1)N1c2cc(N3CCCN(CC(F)(F)F)CC3)ccc2N2CCC[C@H]1C2. The zero-order valence-corrected chi connectivity index (χ0v) is 18.8. The standard InChI is InChI=1S/C23H28F3N7O/c24-23(25,26)15-30-8-2-10-31(12-11-30)17-4-5-19-20(13-17)33(18-3-1-9-32(19)14-18)22(34)29-21-6-7-27-16-28-21/h4-7,13,16,18H,1-3,8-12,14-15H2,(H,27,28,29,34)/t18-/m0/s1. The molecule has 0 saturated carbocycles. The molecule has 2 amide bonds. The maximum absolute atomic E-state index is 13.4. The van der Waals surface area contributed by atoms with Gasteiger partial charge in [0.2, 0.25) is 0 Å². The van der Waals surface area contributed by atoms with Crippen molar-refractivity contribution in [3.05, 3.63) is 36.8 Å². The molecule has 0 radical (unpaired) electrons. The molecule has 0 unspecified atom stereocenters. The summed E-state index contributed by atoms with van der Waals surface area (Å²) in [5, 5.41) is 2.88. The lowest BCUT2D eigenvalue weighted by Crippen LogP contribution is -2.55. The molecule has 5 rings (SSSR count). The maximum atomic E-state index is 13.4. The highest BCUT2D eigenvalue weighted by molar-refractivity contribution is 6.05. The average molecular weight is 476 g/mol. The number of carbonyl (C=O) groups is 1. The van der Waals surface area contributed by atoms with Crippen LogP contribution in [-0.2, 0) is 0 Å². The number of urea groups is 1. The molecule has 1 aromatic carbocycles. The van der Waals surface area contributed by atoms with Crippen molar-refractivity contribution >= 4 is 28.9 Å². The topological polar surface area (TPSA) is 67.8 Å². The average Bonchev–Trinajstić information content (AvgIpc) is 3.04. The first-order chi connectivity index (χ1) is 16.4. The number of piperidine rings is 1. The van der Waals surface area contributed by atoms with E-state index < -0.39 is 12.7 Å². The summed E-state index contributed by atoms with van der Waals surface area (Å²) in [6.07, 6.45) is 1.35. The summed E-state index contributed by atoms with van der Waals surface area (Å²) >= 11 is 0. The Morgan fingerprint density at radius 2 is 1.88 bits per heavy atom. The Kier molecular flexibility index (Phi) is 6.20. The molecule has 4 heterocycles. The summed E-state index contributed by atoms with van der Waals surface area (Å²) in [6.45, 7) is 2.80. The summed E-state index contributed by atoms with van der Waals surface area (Å²) in [4.78, 5) is 29.1. The highest BCUT2D eigenvalue weighted by Crippen LogP contribution is 2.41. The van der Waals surface area contributed by atoms with Crippen molar-refractivity contribution in [2.75, 3.05) is 65.8 Å². The fourth-order valence-corrected chi connectivity index (χ4v) is 5.20. The molecule has 3 aliphatic rings. The van der Waals surface area contributed by atoms with E-state index in [9.17, 15) is 18.0 Å². The van der Waals surface area contributed by atoms with E-state index in [0.717, 1.165) is 43.0 Å². The number of amides is 2. The van der Waals surface area contributed by atoms with Crippen molar-refractivity contribution in [3.63, 3.8) is 0 Å². The molecule has 2 aromatic rings. The zero-order chi connectivity index (χ0) is 23.7. The first kappa shape index (κ1) is 22.7. The van der Waals surface area contributed by atoms with Crippen molar-refractivity contribution in [2.24, 2.45) is 0 Å². The number of hydrogen-bond donors (Lipinski definition) is 1. The summed E-state index contributed by atoms with van der Waals surface area (Å²) in [5.41, 5.74) is 2.76. The van der Waals surface area contributed by atoms with Crippen molar-refractivity contribution in [1.82, 2.24) is 14.9 Å². The Morgan fingerprint density at radius 3 is 2.68 bits per heavy atom. The number of benzene rings is 1. The van der Waals surface area contributed by atoms with Gasteiger partial charge in [0, 0.05) is 51.2 Å². The normalized spacial score (nSPS) is 21.1. The minimum absolute atomic E-state index is 0.0461. The Labute approximate surface area is 196 Å². The van der Waals surface area contributed by atoms with Gasteiger partial charge in [-0.15, -0.1) is 0 Å². The molecule has 2 fully saturated rings. The predicted octanol–water partition coefficient (Wildman–Crippen LogP) is 3.57. The first-order valence-electron chi connectivity index (χ1n) is 11.7. The van der Waals surface area contributed by atoms with Crippen LogP contribution in [0.3, 0.4) is 0 Å². The summed E-state index contributed by atoms with van der Waals surface area (Å²) in [5.74, 6) is 0.438. The third-order valence-corrected chi connectivity index (χ3v) is 6.71. The van der Waals surface area contributed by atoms with Gasteiger partial charge in [-0.25, -0.2) is 14.8 Å². The Morgan fingerprint density at radius 1 is 1.03 bits per heavy atom. The van der Waals surface area contributed by atoms with Gasteiger partial charge in [0.1, 0.15) is 12.1 Å². The second kappa shape index (κ2) is 9.28. The van der Waals surface area contributed by atoms with E-state index in [1.807, 2.05) is 23.1 Å². The van der Waals surface area contributed by atoms with Crippen LogP contribution in [0.1, 0.15) is 19.3 Å². The number of anilines is 4. The van der Waals surface area contributed by atoms with E-state index in [-0.39, 0.29) is 12.1 Å². The first-order valence-corrected chi connectivity index (χ1v) is 11.7. The van der Waals surface area contributed by atoms with Crippen LogP contribution in [0.5, 0.6) is 0 Å². The molecular weight excluding hydrogens is 447 g/mol. The second-order valence-electron chi connectivity index (χ2n) is 9.04. The van der Waals surface area contributed by atoms with E-state index in [4.69, 9.17) is 0 Å². The van der Waals surface area contributed by atoms with E-state index in [1.165, 1.54) is 11.2 Å². The van der Waals surface area contributed by atoms with Gasteiger partial charge in [-0.3, -0.25) is 15.1 Å². The van der Waals surface area contributed by atoms with E-state index in [1.54, 1.807) is 12.3 Å². The van der Waals surface area contributed by atoms with E-state index >= 15 is 0 Å². The Bertz CT molecular complexity index is 1020. The molecule has 2 saturated heterocycles. The number of rotatable bonds is 3. The van der Waals surface area contributed by atoms with Gasteiger partial charge in [-0.1, -0.05) is 0 Å². The molecule has 1 aromatic heterocycles. The molecule has 8 nitrogen and oxygen atoms in total. The third-order valence-electron chi connectivity index (χ3n) is 6.71. The molecule has 11 heteroatoms. The minimum atomic E-state index is -4.19. The molecule has 1 atom stereocenters. The van der Waals surface area contributed by atoms with Crippen LogP contribution in [0, 0.1) is 0 Å². The van der Waals surface area contributed by atoms with Gasteiger partial charge in [-0.2, -0.15) is 13.2 Å². The van der Waals surface area contributed by atoms with Crippen molar-refractivity contribution in [1.29, 1.82) is 0 Å². The van der Waals surface area contributed by atoms with Crippen LogP contribution >= 0.6 is 0 Å². The summed E-state index contributed by atoms with van der Waals surface area (Å²) in [6, 6.07) is 7.53. The largest absolute Gasteiger partial charge is 0.401 e. The smallest absolute Gasteiger partial charge is 0.370 e. The van der Waals surface area contributed by atoms with Gasteiger partial charge in [0.25, 0.3) is 0 Å². The van der Waals surface area contributed by atoms with Crippen LogP contribution in [0.15, 0.2) is 36.8 Å². The monoisotopic (exact) mass is 475 g/mol. The van der Waals surface area contributed by atoms with Crippen LogP contribution in [-0.4, -0.2) is 78.9 Å². The number of nitrogens with one attached hydrogen (secondary N) is 1. The van der Waals surface area contributed by atoms with Crippen LogP contribution in [0.4, 0.5) is 40.8 Å². The minimum Gasteiger partial charge on any atom is -0.370 e. The van der Waals surface area contributed by atoms with Crippen LogP contribution in [0.2, 0.25) is 0 Å². The lowest BCUT2D eigenvalue weighted by Gasteiger charge is -2.47. The second-order valence-corrected chi connectivity index (χ2v) is 9.04. The van der Waals surface area contributed by atoms with Gasteiger partial charge < -0.3 is 9.80 Å². The molecule has 0 spiro atoms.